The predicted octanol–water partition coefficient (Wildman–Crippen LogP) is 6.20. The number of carbonyl (C=O) groups excluding carboxylic acids is 2. The summed E-state index contributed by atoms with van der Waals surface area (Å²) in [4.78, 5) is 26.7. The number of halogens is 3. The molecule has 0 heterocycles. The molecule has 0 radical (unpaired) electrons. The van der Waals surface area contributed by atoms with Crippen LogP contribution in [0.5, 0.6) is 5.75 Å². The fraction of sp³-hybridized carbons (Fsp3) is 0.714. The van der Waals surface area contributed by atoms with Crippen molar-refractivity contribution in [2.75, 3.05) is 7.05 Å². The Morgan fingerprint density at radius 2 is 1.75 bits per heavy atom. The quantitative estimate of drug-likeness (QED) is 0.313. The molecule has 1 amide bonds. The zero-order valence-electron chi connectivity index (χ0n) is 21.6. The standard InChI is InChI=1S/C28H41F3N2O3/c1-3-8-22(32-2)11-7-12-25(34)24(19-20-9-5-4-6-10-20)33-26(35)27(17-18-27)21-13-15-23(16-14-21)36-28(29,30)31/h13-16,20,22,24,32H,3-12,17-19H2,1-2H3,(H,33,35)/t22?,24-/m0/s1. The van der Waals surface area contributed by atoms with E-state index >= 15 is 0 Å². The Morgan fingerprint density at radius 3 is 2.31 bits per heavy atom. The number of hydrogen-bond acceptors (Lipinski definition) is 4. The number of ketones is 1. The lowest BCUT2D eigenvalue weighted by molar-refractivity contribution is -0.274. The van der Waals surface area contributed by atoms with Crippen LogP contribution in [0.2, 0.25) is 0 Å². The van der Waals surface area contributed by atoms with Crippen molar-refractivity contribution in [2.24, 2.45) is 5.92 Å². The van der Waals surface area contributed by atoms with Crippen LogP contribution in [0.25, 0.3) is 0 Å². The Morgan fingerprint density at radius 1 is 1.08 bits per heavy atom. The van der Waals surface area contributed by atoms with Gasteiger partial charge in [-0.1, -0.05) is 57.6 Å². The second kappa shape index (κ2) is 12.9. The predicted molar refractivity (Wildman–Crippen MR) is 134 cm³/mol. The first-order valence-electron chi connectivity index (χ1n) is 13.5. The summed E-state index contributed by atoms with van der Waals surface area (Å²) in [5, 5.41) is 6.39. The number of carbonyl (C=O) groups is 2. The van der Waals surface area contributed by atoms with Crippen molar-refractivity contribution in [2.45, 2.75) is 114 Å². The number of rotatable bonds is 14. The Hall–Kier alpha value is -2.09. The average Bonchev–Trinajstić information content (AvgIpc) is 3.65. The Kier molecular flexibility index (Phi) is 10.2. The van der Waals surface area contributed by atoms with Crippen LogP contribution in [0.1, 0.15) is 96.0 Å². The van der Waals surface area contributed by atoms with Crippen LogP contribution in [-0.4, -0.2) is 37.2 Å². The SMILES string of the molecule is CCCC(CCCC(=O)[C@H](CC1CCCCC1)NC(=O)C1(c2ccc(OC(F)(F)F)cc2)CC1)NC. The Balaban J connectivity index is 1.65. The summed E-state index contributed by atoms with van der Waals surface area (Å²) in [6.45, 7) is 2.15. The molecule has 3 rings (SSSR count). The molecule has 2 saturated carbocycles. The second-order valence-electron chi connectivity index (χ2n) is 10.6. The number of hydrogen-bond donors (Lipinski definition) is 2. The van der Waals surface area contributed by atoms with Crippen LogP contribution in [0, 0.1) is 5.92 Å². The van der Waals surface area contributed by atoms with E-state index in [4.69, 9.17) is 0 Å². The van der Waals surface area contributed by atoms with Crippen molar-refractivity contribution in [3.05, 3.63) is 29.8 Å². The summed E-state index contributed by atoms with van der Waals surface area (Å²) < 4.78 is 41.5. The molecule has 2 atom stereocenters. The van der Waals surface area contributed by atoms with Crippen LogP contribution in [0.3, 0.4) is 0 Å². The van der Waals surface area contributed by atoms with E-state index in [-0.39, 0.29) is 17.4 Å². The number of Topliss-reactive ketones (excluding diaryl/α,β-unsaturated/α-hetero) is 1. The van der Waals surface area contributed by atoms with Gasteiger partial charge in [-0.2, -0.15) is 0 Å². The summed E-state index contributed by atoms with van der Waals surface area (Å²) in [6.07, 6.45) is 7.18. The Labute approximate surface area is 212 Å². The molecule has 36 heavy (non-hydrogen) atoms. The minimum absolute atomic E-state index is 0.0880. The van der Waals surface area contributed by atoms with Crippen molar-refractivity contribution in [1.29, 1.82) is 0 Å². The van der Waals surface area contributed by atoms with E-state index in [9.17, 15) is 22.8 Å². The number of nitrogens with one attached hydrogen (secondary N) is 2. The molecule has 2 aliphatic carbocycles. The fourth-order valence-corrected chi connectivity index (χ4v) is 5.55. The number of ether oxygens (including phenoxy) is 1. The average molecular weight is 511 g/mol. The molecule has 1 unspecified atom stereocenters. The first-order valence-corrected chi connectivity index (χ1v) is 13.5. The highest BCUT2D eigenvalue weighted by atomic mass is 19.4. The molecule has 0 bridgehead atoms. The first kappa shape index (κ1) is 28.5. The van der Waals surface area contributed by atoms with Gasteiger partial charge in [-0.25, -0.2) is 0 Å². The van der Waals surface area contributed by atoms with Gasteiger partial charge in [0.1, 0.15) is 5.75 Å². The van der Waals surface area contributed by atoms with Crippen molar-refractivity contribution in [1.82, 2.24) is 10.6 Å². The third kappa shape index (κ3) is 8.22. The Bertz CT molecular complexity index is 847. The zero-order chi connectivity index (χ0) is 26.2. The number of amides is 1. The topological polar surface area (TPSA) is 67.4 Å². The molecule has 0 spiro atoms. The molecular formula is C28H41F3N2O3. The maximum atomic E-state index is 13.4. The van der Waals surface area contributed by atoms with E-state index in [2.05, 4.69) is 22.3 Å². The van der Waals surface area contributed by atoms with Crippen molar-refractivity contribution < 1.29 is 27.5 Å². The van der Waals surface area contributed by atoms with Gasteiger partial charge in [-0.15, -0.1) is 13.2 Å². The molecule has 1 aromatic carbocycles. The molecule has 2 aliphatic rings. The van der Waals surface area contributed by atoms with Crippen LogP contribution < -0.4 is 15.4 Å². The third-order valence-corrected chi connectivity index (χ3v) is 7.83. The number of benzene rings is 1. The minimum Gasteiger partial charge on any atom is -0.406 e. The van der Waals surface area contributed by atoms with Gasteiger partial charge < -0.3 is 15.4 Å². The normalized spacial score (nSPS) is 19.4. The van der Waals surface area contributed by atoms with Gasteiger partial charge in [0.15, 0.2) is 5.78 Å². The molecule has 5 nitrogen and oxygen atoms in total. The van der Waals surface area contributed by atoms with Crippen LogP contribution >= 0.6 is 0 Å². The summed E-state index contributed by atoms with van der Waals surface area (Å²) in [6, 6.07) is 5.43. The third-order valence-electron chi connectivity index (χ3n) is 7.83. The number of alkyl halides is 3. The highest BCUT2D eigenvalue weighted by Crippen LogP contribution is 2.49. The first-order chi connectivity index (χ1) is 17.2. The van der Waals surface area contributed by atoms with E-state index in [1.54, 1.807) is 0 Å². The summed E-state index contributed by atoms with van der Waals surface area (Å²) >= 11 is 0. The monoisotopic (exact) mass is 510 g/mol. The van der Waals surface area contributed by atoms with E-state index < -0.39 is 17.8 Å². The molecule has 202 valence electrons. The van der Waals surface area contributed by atoms with Gasteiger partial charge >= 0.3 is 6.36 Å². The van der Waals surface area contributed by atoms with Gasteiger partial charge in [-0.3, -0.25) is 9.59 Å². The molecular weight excluding hydrogens is 469 g/mol. The van der Waals surface area contributed by atoms with Gasteiger partial charge in [0.2, 0.25) is 5.91 Å². The highest BCUT2D eigenvalue weighted by Gasteiger charge is 2.52. The summed E-state index contributed by atoms with van der Waals surface area (Å²) in [5.74, 6) is 0.0214. The van der Waals surface area contributed by atoms with Crippen LogP contribution in [0.4, 0.5) is 13.2 Å². The van der Waals surface area contributed by atoms with Gasteiger partial charge in [0, 0.05) is 12.5 Å². The summed E-state index contributed by atoms with van der Waals surface area (Å²) in [5.41, 5.74) is -0.116. The molecule has 0 aromatic heterocycles. The van der Waals surface area contributed by atoms with Crippen LogP contribution in [0.15, 0.2) is 24.3 Å². The van der Waals surface area contributed by atoms with Gasteiger partial charge in [0.25, 0.3) is 0 Å². The van der Waals surface area contributed by atoms with E-state index in [0.717, 1.165) is 51.4 Å². The van der Waals surface area contributed by atoms with E-state index in [0.29, 0.717) is 43.2 Å². The summed E-state index contributed by atoms with van der Waals surface area (Å²) in [7, 11) is 1.95. The van der Waals surface area contributed by atoms with Crippen molar-refractivity contribution >= 4 is 11.7 Å². The smallest absolute Gasteiger partial charge is 0.406 e. The lowest BCUT2D eigenvalue weighted by Gasteiger charge is -2.28. The zero-order valence-corrected chi connectivity index (χ0v) is 21.6. The second-order valence-corrected chi connectivity index (χ2v) is 10.6. The molecule has 2 N–H and O–H groups in total. The lowest BCUT2D eigenvalue weighted by atomic mass is 9.83. The molecule has 1 aromatic rings. The van der Waals surface area contributed by atoms with Gasteiger partial charge in [0.05, 0.1) is 11.5 Å². The lowest BCUT2D eigenvalue weighted by Crippen LogP contribution is -2.46. The van der Waals surface area contributed by atoms with E-state index in [1.165, 1.54) is 30.7 Å². The fourth-order valence-electron chi connectivity index (χ4n) is 5.55. The largest absolute Gasteiger partial charge is 0.573 e. The van der Waals surface area contributed by atoms with Gasteiger partial charge in [-0.05, 0) is 69.2 Å². The highest BCUT2D eigenvalue weighted by molar-refractivity contribution is 5.95. The minimum atomic E-state index is -4.76. The van der Waals surface area contributed by atoms with Crippen LogP contribution in [-0.2, 0) is 15.0 Å². The molecule has 8 heteroatoms. The molecule has 2 fully saturated rings. The van der Waals surface area contributed by atoms with Crippen molar-refractivity contribution in [3.8, 4) is 5.75 Å². The van der Waals surface area contributed by atoms with Crippen molar-refractivity contribution in [3.63, 3.8) is 0 Å². The van der Waals surface area contributed by atoms with E-state index in [1.807, 2.05) is 7.05 Å². The molecule has 0 aliphatic heterocycles. The molecule has 0 saturated heterocycles. The maximum absolute atomic E-state index is 13.4. The maximum Gasteiger partial charge on any atom is 0.573 e.